The molecule has 6 heteroatoms. The molecule has 12 bridgehead atoms. The summed E-state index contributed by atoms with van der Waals surface area (Å²) in [7, 11) is 0. The highest BCUT2D eigenvalue weighted by Gasteiger charge is 2.26. The zero-order chi connectivity index (χ0) is 70.0. The Balaban J connectivity index is 0.881. The highest BCUT2D eigenvalue weighted by molar-refractivity contribution is 5.35. The molecular formula is C96H102N6. The van der Waals surface area contributed by atoms with Gasteiger partial charge in [0.05, 0.1) is 0 Å². The van der Waals surface area contributed by atoms with Crippen LogP contribution in [-0.4, -0.2) is 29.4 Å². The van der Waals surface area contributed by atoms with Crippen molar-refractivity contribution < 1.29 is 0 Å². The van der Waals surface area contributed by atoms with Crippen molar-refractivity contribution in [3.63, 3.8) is 0 Å². The van der Waals surface area contributed by atoms with E-state index in [4.69, 9.17) is 0 Å². The number of hydrogen-bond donors (Lipinski definition) is 0. The van der Waals surface area contributed by atoms with Crippen molar-refractivity contribution in [2.75, 3.05) is 0 Å². The van der Waals surface area contributed by atoms with E-state index in [9.17, 15) is 0 Å². The Morgan fingerprint density at radius 2 is 0.255 bits per heavy atom. The molecule has 6 nitrogen and oxygen atoms in total. The molecule has 0 radical (unpaired) electrons. The summed E-state index contributed by atoms with van der Waals surface area (Å²) in [6.07, 6.45) is 0. The van der Waals surface area contributed by atoms with Gasteiger partial charge in [0.2, 0.25) is 0 Å². The van der Waals surface area contributed by atoms with E-state index in [1.165, 1.54) is 100 Å². The lowest BCUT2D eigenvalue weighted by Crippen LogP contribution is -2.28. The Bertz CT molecular complexity index is 3650. The second kappa shape index (κ2) is 34.8. The number of hydrogen-bond acceptors (Lipinski definition) is 6. The average molecular weight is 1340 g/mol. The molecule has 0 fully saturated rings. The first kappa shape index (κ1) is 70.8. The van der Waals surface area contributed by atoms with Crippen molar-refractivity contribution in [1.82, 2.24) is 29.4 Å². The predicted octanol–water partition coefficient (Wildman–Crippen LogP) is 22.6. The van der Waals surface area contributed by atoms with Crippen molar-refractivity contribution >= 4 is 0 Å². The standard InChI is InChI=1S/C96H102N6/c1-73(91-43-13-7-14-44-91)97-61-79-31-25-33-81(55-79)63-98(74(2)92-45-15-8-16-46-92)65-83-35-27-37-85(57-83)67-100(76(4)94-49-19-10-20-50-94)69-87-39-29-41-89(59-87)71-102(78(6)96-53-23-12-24-54-96)72-90-42-30-40-88(60-90)70-101(77(5)95-51-21-11-22-52-95)68-86-38-28-36-84(58-86)66-99(75(3)93-47-17-9-18-48-93)64-82-34-26-32-80(56-82)62-97/h7-60,73-78H,61-72H2,1-6H3/t73-,74-,75-,76-,77-,78-/m0/s1. The van der Waals surface area contributed by atoms with Gasteiger partial charge < -0.3 is 0 Å². The Kier molecular flexibility index (Phi) is 24.2. The number of rotatable bonds is 12. The monoisotopic (exact) mass is 1340 g/mol. The Labute approximate surface area is 609 Å². The Morgan fingerprint density at radius 3 is 0.363 bits per heavy atom. The summed E-state index contributed by atoms with van der Waals surface area (Å²) in [4.78, 5) is 16.0. The molecule has 0 amide bonds. The molecule has 0 spiro atoms. The summed E-state index contributed by atoms with van der Waals surface area (Å²) >= 11 is 0. The van der Waals surface area contributed by atoms with Gasteiger partial charge >= 0.3 is 0 Å². The van der Waals surface area contributed by atoms with Crippen LogP contribution in [-0.2, 0) is 78.5 Å². The third-order valence-corrected chi connectivity index (χ3v) is 21.6. The molecule has 12 aromatic carbocycles. The van der Waals surface area contributed by atoms with Crippen LogP contribution >= 0.6 is 0 Å². The van der Waals surface area contributed by atoms with Gasteiger partial charge in [-0.15, -0.1) is 0 Å². The lowest BCUT2D eigenvalue weighted by molar-refractivity contribution is 0.185. The molecule has 13 rings (SSSR count). The van der Waals surface area contributed by atoms with Crippen LogP contribution in [0, 0.1) is 0 Å². The molecule has 6 atom stereocenters. The van der Waals surface area contributed by atoms with Gasteiger partial charge in [-0.3, -0.25) is 29.4 Å². The van der Waals surface area contributed by atoms with Crippen LogP contribution in [0.25, 0.3) is 0 Å². The second-order valence-corrected chi connectivity index (χ2v) is 28.9. The van der Waals surface area contributed by atoms with Gasteiger partial charge in [0.1, 0.15) is 0 Å². The van der Waals surface area contributed by atoms with Gasteiger partial charge in [0.15, 0.2) is 0 Å². The smallest absolute Gasteiger partial charge is 0.0326 e. The molecule has 1 aliphatic heterocycles. The maximum atomic E-state index is 2.67. The normalized spacial score (nSPS) is 16.8. The molecule has 0 saturated heterocycles. The summed E-state index contributed by atoms with van der Waals surface area (Å²) in [5.41, 5.74) is 23.7. The summed E-state index contributed by atoms with van der Waals surface area (Å²) in [6.45, 7) is 24.0. The highest BCUT2D eigenvalue weighted by Crippen LogP contribution is 2.34. The number of benzene rings is 12. The summed E-state index contributed by atoms with van der Waals surface area (Å²) in [5.74, 6) is 0. The van der Waals surface area contributed by atoms with Gasteiger partial charge in [-0.2, -0.15) is 0 Å². The molecule has 0 unspecified atom stereocenters. The van der Waals surface area contributed by atoms with E-state index in [2.05, 4.69) is 399 Å². The minimum absolute atomic E-state index is 0.168. The van der Waals surface area contributed by atoms with E-state index in [0.29, 0.717) is 0 Å². The summed E-state index contributed by atoms with van der Waals surface area (Å²) in [5, 5.41) is 0. The quantitative estimate of drug-likeness (QED) is 0.121. The fraction of sp³-hybridized carbons (Fsp3) is 0.250. The number of fused-ring (bicyclic) bond motifs is 12. The van der Waals surface area contributed by atoms with Crippen LogP contribution in [0.4, 0.5) is 0 Å². The van der Waals surface area contributed by atoms with E-state index >= 15 is 0 Å². The van der Waals surface area contributed by atoms with Crippen LogP contribution in [0.15, 0.2) is 328 Å². The Hall–Kier alpha value is -9.60. The highest BCUT2D eigenvalue weighted by atomic mass is 15.2. The predicted molar refractivity (Wildman–Crippen MR) is 423 cm³/mol. The van der Waals surface area contributed by atoms with Crippen molar-refractivity contribution in [2.24, 2.45) is 0 Å². The zero-order valence-electron chi connectivity index (χ0n) is 60.8. The number of nitrogens with zero attached hydrogens (tertiary/aromatic N) is 6. The van der Waals surface area contributed by atoms with Crippen molar-refractivity contribution in [1.29, 1.82) is 0 Å². The summed E-state index contributed by atoms with van der Waals surface area (Å²) in [6, 6.07) is 124. The minimum Gasteiger partial charge on any atom is -0.288 e. The fourth-order valence-corrected chi connectivity index (χ4v) is 15.4. The molecule has 0 N–H and O–H groups in total. The fourth-order valence-electron chi connectivity index (χ4n) is 15.4. The molecule has 1 heterocycles. The van der Waals surface area contributed by atoms with Gasteiger partial charge in [0, 0.05) is 115 Å². The van der Waals surface area contributed by atoms with Crippen LogP contribution < -0.4 is 0 Å². The topological polar surface area (TPSA) is 19.4 Å². The van der Waals surface area contributed by atoms with Crippen LogP contribution in [0.2, 0.25) is 0 Å². The van der Waals surface area contributed by atoms with Crippen LogP contribution in [0.5, 0.6) is 0 Å². The molecule has 516 valence electrons. The lowest BCUT2D eigenvalue weighted by Gasteiger charge is -2.32. The van der Waals surface area contributed by atoms with Crippen LogP contribution in [0.3, 0.4) is 0 Å². The van der Waals surface area contributed by atoms with E-state index in [0.717, 1.165) is 78.5 Å². The first-order valence-corrected chi connectivity index (χ1v) is 37.2. The van der Waals surface area contributed by atoms with Crippen molar-refractivity contribution in [3.8, 4) is 0 Å². The van der Waals surface area contributed by atoms with Gasteiger partial charge in [-0.05, 0) is 142 Å². The molecule has 1 aliphatic rings. The molecule has 0 saturated carbocycles. The van der Waals surface area contributed by atoms with Crippen molar-refractivity contribution in [2.45, 2.75) is 156 Å². The second-order valence-electron chi connectivity index (χ2n) is 28.9. The van der Waals surface area contributed by atoms with Crippen LogP contribution in [0.1, 0.15) is 178 Å². The SMILES string of the molecule is C[C@@H](c1ccccc1)N1Cc2cccc(c2)CN([C@@H](C)c2ccccc2)Cc2cccc(c2)CN([C@@H](C)c2ccccc2)Cc2cccc(c2)CN([C@@H](C)c2ccccc2)Cc2cccc(c2)CN([C@@H](C)c2ccccc2)Cc2cccc(c2)CN([C@@H](C)c2ccccc2)Cc2cccc(c2)C1. The van der Waals surface area contributed by atoms with Gasteiger partial charge in [-0.25, -0.2) is 0 Å². The zero-order valence-corrected chi connectivity index (χ0v) is 60.8. The first-order chi connectivity index (χ1) is 50.0. The molecule has 102 heavy (non-hydrogen) atoms. The summed E-state index contributed by atoms with van der Waals surface area (Å²) < 4.78 is 0. The van der Waals surface area contributed by atoms with Gasteiger partial charge in [0.25, 0.3) is 0 Å². The molecule has 0 aliphatic carbocycles. The van der Waals surface area contributed by atoms with E-state index in [1.54, 1.807) is 0 Å². The maximum absolute atomic E-state index is 2.67. The largest absolute Gasteiger partial charge is 0.288 e. The lowest BCUT2D eigenvalue weighted by atomic mass is 10.0. The van der Waals surface area contributed by atoms with E-state index in [1.807, 2.05) is 0 Å². The Morgan fingerprint density at radius 1 is 0.147 bits per heavy atom. The molecular weight excluding hydrogens is 1240 g/mol. The van der Waals surface area contributed by atoms with Gasteiger partial charge in [-0.1, -0.05) is 328 Å². The average Bonchev–Trinajstić information content (AvgIpc) is 0.846. The third-order valence-electron chi connectivity index (χ3n) is 21.6. The molecule has 12 aromatic rings. The maximum Gasteiger partial charge on any atom is 0.0326 e. The van der Waals surface area contributed by atoms with E-state index < -0.39 is 0 Å². The third kappa shape index (κ3) is 19.1. The first-order valence-electron chi connectivity index (χ1n) is 37.2. The van der Waals surface area contributed by atoms with E-state index in [-0.39, 0.29) is 36.3 Å². The minimum atomic E-state index is 0.168. The van der Waals surface area contributed by atoms with Crippen molar-refractivity contribution in [3.05, 3.63) is 428 Å². The molecule has 0 aromatic heterocycles.